The predicted octanol–water partition coefficient (Wildman–Crippen LogP) is 4.08. The van der Waals surface area contributed by atoms with E-state index in [0.717, 1.165) is 25.3 Å². The van der Waals surface area contributed by atoms with Crippen LogP contribution < -0.4 is 10.1 Å². The minimum absolute atomic E-state index is 0.428. The molecule has 1 aromatic carbocycles. The Bertz CT molecular complexity index is 468. The van der Waals surface area contributed by atoms with Crippen molar-refractivity contribution in [2.24, 2.45) is 0 Å². The molecule has 3 rings (SSSR count). The standard InChI is InChI=1S/C17H25NOS/c1-13-6-3-7-14-15(8-4-10-19-16(13)14)18-12-17(2)9-5-11-20-17/h3,6-7,15,18H,4-5,8-12H2,1-2H3. The maximum absolute atomic E-state index is 5.96. The zero-order chi connectivity index (χ0) is 14.0. The van der Waals surface area contributed by atoms with Crippen molar-refractivity contribution in [2.75, 3.05) is 18.9 Å². The number of rotatable bonds is 3. The molecule has 1 N–H and O–H groups in total. The summed E-state index contributed by atoms with van der Waals surface area (Å²) in [6, 6.07) is 6.99. The Morgan fingerprint density at radius 3 is 3.10 bits per heavy atom. The van der Waals surface area contributed by atoms with E-state index in [1.54, 1.807) is 0 Å². The topological polar surface area (TPSA) is 21.3 Å². The maximum Gasteiger partial charge on any atom is 0.126 e. The highest BCUT2D eigenvalue weighted by molar-refractivity contribution is 8.00. The Kier molecular flexibility index (Phi) is 4.27. The molecule has 0 spiro atoms. The fraction of sp³-hybridized carbons (Fsp3) is 0.647. The number of para-hydroxylation sites is 1. The van der Waals surface area contributed by atoms with Crippen LogP contribution in [0.3, 0.4) is 0 Å². The van der Waals surface area contributed by atoms with Gasteiger partial charge in [-0.3, -0.25) is 0 Å². The highest BCUT2D eigenvalue weighted by Gasteiger charge is 2.31. The Morgan fingerprint density at radius 1 is 1.40 bits per heavy atom. The van der Waals surface area contributed by atoms with Gasteiger partial charge in [-0.25, -0.2) is 0 Å². The third-order valence-corrected chi connectivity index (χ3v) is 6.06. The third-order valence-electron chi connectivity index (χ3n) is 4.52. The van der Waals surface area contributed by atoms with Crippen LogP contribution in [0.4, 0.5) is 0 Å². The molecule has 2 nitrogen and oxygen atoms in total. The molecule has 0 aromatic heterocycles. The highest BCUT2D eigenvalue weighted by atomic mass is 32.2. The van der Waals surface area contributed by atoms with Gasteiger partial charge in [0.15, 0.2) is 0 Å². The van der Waals surface area contributed by atoms with Gasteiger partial charge in [-0.15, -0.1) is 0 Å². The van der Waals surface area contributed by atoms with E-state index in [-0.39, 0.29) is 0 Å². The lowest BCUT2D eigenvalue weighted by molar-refractivity contribution is 0.313. The second-order valence-corrected chi connectivity index (χ2v) is 8.00. The van der Waals surface area contributed by atoms with Crippen LogP contribution >= 0.6 is 11.8 Å². The number of nitrogens with one attached hydrogen (secondary N) is 1. The lowest BCUT2D eigenvalue weighted by Crippen LogP contribution is -2.35. The van der Waals surface area contributed by atoms with Gasteiger partial charge < -0.3 is 10.1 Å². The lowest BCUT2D eigenvalue weighted by atomic mass is 9.98. The minimum atomic E-state index is 0.428. The predicted molar refractivity (Wildman–Crippen MR) is 86.7 cm³/mol. The normalized spacial score (nSPS) is 29.6. The molecule has 0 saturated carbocycles. The summed E-state index contributed by atoms with van der Waals surface area (Å²) < 4.78 is 6.39. The quantitative estimate of drug-likeness (QED) is 0.906. The Hall–Kier alpha value is -0.670. The molecule has 0 aliphatic carbocycles. The van der Waals surface area contributed by atoms with Crippen LogP contribution in [-0.4, -0.2) is 23.7 Å². The number of hydrogen-bond acceptors (Lipinski definition) is 3. The summed E-state index contributed by atoms with van der Waals surface area (Å²) in [4.78, 5) is 0. The largest absolute Gasteiger partial charge is 0.493 e. The van der Waals surface area contributed by atoms with E-state index in [9.17, 15) is 0 Å². The first-order chi connectivity index (χ1) is 9.68. The fourth-order valence-corrected chi connectivity index (χ4v) is 4.55. The Labute approximate surface area is 126 Å². The minimum Gasteiger partial charge on any atom is -0.493 e. The van der Waals surface area contributed by atoms with Crippen LogP contribution in [0.2, 0.25) is 0 Å². The van der Waals surface area contributed by atoms with Crippen LogP contribution in [0, 0.1) is 6.92 Å². The molecule has 1 saturated heterocycles. The fourth-order valence-electron chi connectivity index (χ4n) is 3.29. The van der Waals surface area contributed by atoms with Gasteiger partial charge in [-0.2, -0.15) is 11.8 Å². The summed E-state index contributed by atoms with van der Waals surface area (Å²) >= 11 is 2.13. The van der Waals surface area contributed by atoms with Gasteiger partial charge in [0.05, 0.1) is 6.61 Å². The first-order valence-electron chi connectivity index (χ1n) is 7.78. The lowest BCUT2D eigenvalue weighted by Gasteiger charge is -2.27. The molecule has 2 heterocycles. The number of aryl methyl sites for hydroxylation is 1. The zero-order valence-corrected chi connectivity index (χ0v) is 13.4. The summed E-state index contributed by atoms with van der Waals surface area (Å²) in [6.07, 6.45) is 5.02. The Balaban J connectivity index is 1.75. The van der Waals surface area contributed by atoms with Crippen molar-refractivity contribution in [1.82, 2.24) is 5.32 Å². The summed E-state index contributed by atoms with van der Waals surface area (Å²) in [7, 11) is 0. The van der Waals surface area contributed by atoms with Crippen LogP contribution in [0.1, 0.15) is 49.8 Å². The van der Waals surface area contributed by atoms with Gasteiger partial charge in [-0.05, 0) is 50.8 Å². The highest BCUT2D eigenvalue weighted by Crippen LogP contribution is 2.39. The van der Waals surface area contributed by atoms with Crippen LogP contribution in [0.15, 0.2) is 18.2 Å². The SMILES string of the molecule is Cc1cccc2c1OCCCC2NCC1(C)CCCS1. The Morgan fingerprint density at radius 2 is 2.30 bits per heavy atom. The first-order valence-corrected chi connectivity index (χ1v) is 8.76. The molecule has 1 fully saturated rings. The van der Waals surface area contributed by atoms with Crippen molar-refractivity contribution in [1.29, 1.82) is 0 Å². The number of ether oxygens (including phenoxy) is 1. The van der Waals surface area contributed by atoms with E-state index < -0.39 is 0 Å². The van der Waals surface area contributed by atoms with E-state index >= 15 is 0 Å². The van der Waals surface area contributed by atoms with E-state index in [2.05, 4.69) is 49.1 Å². The van der Waals surface area contributed by atoms with E-state index in [0.29, 0.717) is 10.8 Å². The van der Waals surface area contributed by atoms with Crippen molar-refractivity contribution in [3.63, 3.8) is 0 Å². The average Bonchev–Trinajstić information content (AvgIpc) is 2.75. The molecule has 0 radical (unpaired) electrons. The van der Waals surface area contributed by atoms with Crippen molar-refractivity contribution in [3.05, 3.63) is 29.3 Å². The van der Waals surface area contributed by atoms with Crippen molar-refractivity contribution in [3.8, 4) is 5.75 Å². The number of thioether (sulfide) groups is 1. The zero-order valence-electron chi connectivity index (χ0n) is 12.6. The maximum atomic E-state index is 5.96. The van der Waals surface area contributed by atoms with Gasteiger partial charge in [0, 0.05) is 22.9 Å². The third kappa shape index (κ3) is 2.99. The summed E-state index contributed by atoms with van der Waals surface area (Å²) in [5.41, 5.74) is 2.62. The molecule has 110 valence electrons. The molecular weight excluding hydrogens is 266 g/mol. The second kappa shape index (κ2) is 5.98. The summed E-state index contributed by atoms with van der Waals surface area (Å²) in [5, 5.41) is 3.83. The number of fused-ring (bicyclic) bond motifs is 1. The summed E-state index contributed by atoms with van der Waals surface area (Å²) in [5.74, 6) is 2.44. The van der Waals surface area contributed by atoms with E-state index in [4.69, 9.17) is 4.74 Å². The van der Waals surface area contributed by atoms with Crippen LogP contribution in [0.25, 0.3) is 0 Å². The molecule has 2 aliphatic heterocycles. The van der Waals surface area contributed by atoms with Gasteiger partial charge in [0.2, 0.25) is 0 Å². The van der Waals surface area contributed by atoms with Crippen molar-refractivity contribution >= 4 is 11.8 Å². The van der Waals surface area contributed by atoms with E-state index in [1.807, 2.05) is 0 Å². The molecule has 20 heavy (non-hydrogen) atoms. The van der Waals surface area contributed by atoms with Gasteiger partial charge in [-0.1, -0.05) is 18.2 Å². The van der Waals surface area contributed by atoms with Crippen molar-refractivity contribution < 1.29 is 4.74 Å². The molecule has 2 aliphatic rings. The van der Waals surface area contributed by atoms with Crippen LogP contribution in [-0.2, 0) is 0 Å². The van der Waals surface area contributed by atoms with E-state index in [1.165, 1.54) is 36.1 Å². The molecule has 1 aromatic rings. The molecule has 0 bridgehead atoms. The number of hydrogen-bond donors (Lipinski definition) is 1. The van der Waals surface area contributed by atoms with Gasteiger partial charge in [0.1, 0.15) is 5.75 Å². The second-order valence-electron chi connectivity index (χ2n) is 6.32. The average molecular weight is 291 g/mol. The molecular formula is C17H25NOS. The molecule has 0 amide bonds. The van der Waals surface area contributed by atoms with Gasteiger partial charge in [0.25, 0.3) is 0 Å². The monoisotopic (exact) mass is 291 g/mol. The van der Waals surface area contributed by atoms with Crippen molar-refractivity contribution in [2.45, 2.75) is 50.3 Å². The van der Waals surface area contributed by atoms with Crippen LogP contribution in [0.5, 0.6) is 5.75 Å². The summed E-state index contributed by atoms with van der Waals surface area (Å²) in [6.45, 7) is 6.51. The molecule has 2 unspecified atom stereocenters. The smallest absolute Gasteiger partial charge is 0.126 e. The molecule has 3 heteroatoms. The number of benzene rings is 1. The molecule has 2 atom stereocenters. The van der Waals surface area contributed by atoms with Gasteiger partial charge >= 0.3 is 0 Å². The first kappa shape index (κ1) is 14.3.